The van der Waals surface area contributed by atoms with Gasteiger partial charge in [0.25, 0.3) is 0 Å². The molecule has 84 valence electrons. The summed E-state index contributed by atoms with van der Waals surface area (Å²) in [7, 11) is 1.65. The molecule has 0 bridgehead atoms. The highest BCUT2D eigenvalue weighted by molar-refractivity contribution is 5.97. The number of nitrogen functional groups attached to an aromatic ring is 1. The monoisotopic (exact) mass is 217 g/mol. The van der Waals surface area contributed by atoms with Crippen molar-refractivity contribution in [2.75, 3.05) is 24.7 Å². The van der Waals surface area contributed by atoms with Crippen LogP contribution in [0.2, 0.25) is 0 Å². The Morgan fingerprint density at radius 3 is 2.94 bits per heavy atom. The van der Waals surface area contributed by atoms with Crippen LogP contribution in [0.25, 0.3) is 10.9 Å². The second-order valence-corrected chi connectivity index (χ2v) is 3.50. The number of nitrogens with two attached hydrogens (primary N) is 1. The molecule has 1 aromatic carbocycles. The zero-order valence-corrected chi connectivity index (χ0v) is 9.45. The number of rotatable bonds is 3. The summed E-state index contributed by atoms with van der Waals surface area (Å²) < 4.78 is 5.20. The lowest BCUT2D eigenvalue weighted by atomic mass is 10.1. The summed E-state index contributed by atoms with van der Waals surface area (Å²) in [5, 5.41) is 4.24. The zero-order chi connectivity index (χ0) is 11.5. The number of aromatic nitrogens is 1. The van der Waals surface area contributed by atoms with Gasteiger partial charge in [0.2, 0.25) is 0 Å². The lowest BCUT2D eigenvalue weighted by molar-refractivity contribution is 0.415. The van der Waals surface area contributed by atoms with Gasteiger partial charge in [-0.05, 0) is 25.1 Å². The maximum absolute atomic E-state index is 5.90. The van der Waals surface area contributed by atoms with E-state index in [-0.39, 0.29) is 0 Å². The van der Waals surface area contributed by atoms with Gasteiger partial charge in [-0.25, -0.2) is 0 Å². The van der Waals surface area contributed by atoms with E-state index in [0.29, 0.717) is 5.69 Å². The molecule has 1 aromatic heterocycles. The molecule has 0 unspecified atom stereocenters. The molecule has 0 spiro atoms. The quantitative estimate of drug-likeness (QED) is 0.827. The molecule has 3 N–H and O–H groups in total. The third-order valence-electron chi connectivity index (χ3n) is 2.46. The van der Waals surface area contributed by atoms with Gasteiger partial charge in [-0.2, -0.15) is 0 Å². The van der Waals surface area contributed by atoms with Gasteiger partial charge in [0.05, 0.1) is 30.2 Å². The Kier molecular flexibility index (Phi) is 2.81. The van der Waals surface area contributed by atoms with Crippen LogP contribution in [-0.4, -0.2) is 18.6 Å². The second kappa shape index (κ2) is 4.26. The zero-order valence-electron chi connectivity index (χ0n) is 9.45. The predicted octanol–water partition coefficient (Wildman–Crippen LogP) is 2.26. The molecule has 0 aliphatic carbocycles. The Morgan fingerprint density at radius 2 is 2.25 bits per heavy atom. The van der Waals surface area contributed by atoms with Crippen molar-refractivity contribution >= 4 is 22.3 Å². The Morgan fingerprint density at radius 1 is 1.44 bits per heavy atom. The molecule has 0 aliphatic rings. The van der Waals surface area contributed by atoms with Gasteiger partial charge < -0.3 is 15.8 Å². The molecular weight excluding hydrogens is 202 g/mol. The van der Waals surface area contributed by atoms with Crippen molar-refractivity contribution in [3.05, 3.63) is 24.4 Å². The number of anilines is 2. The van der Waals surface area contributed by atoms with Crippen LogP contribution in [0.3, 0.4) is 0 Å². The highest BCUT2D eigenvalue weighted by atomic mass is 16.5. The summed E-state index contributed by atoms with van der Waals surface area (Å²) in [5.41, 5.74) is 8.38. The fourth-order valence-electron chi connectivity index (χ4n) is 1.69. The number of nitrogens with zero attached hydrogens (tertiary/aromatic N) is 1. The van der Waals surface area contributed by atoms with Crippen LogP contribution in [0.15, 0.2) is 24.4 Å². The molecule has 4 nitrogen and oxygen atoms in total. The van der Waals surface area contributed by atoms with E-state index in [4.69, 9.17) is 10.5 Å². The number of hydrogen-bond donors (Lipinski definition) is 2. The normalized spacial score (nSPS) is 10.4. The molecule has 0 amide bonds. The van der Waals surface area contributed by atoms with Gasteiger partial charge in [0, 0.05) is 11.9 Å². The molecule has 0 radical (unpaired) electrons. The van der Waals surface area contributed by atoms with E-state index in [2.05, 4.69) is 10.3 Å². The lowest BCUT2D eigenvalue weighted by Crippen LogP contribution is -2.02. The fourth-order valence-corrected chi connectivity index (χ4v) is 1.69. The van der Waals surface area contributed by atoms with Crippen molar-refractivity contribution in [1.29, 1.82) is 0 Å². The average Bonchev–Trinajstić information content (AvgIpc) is 2.32. The molecule has 1 heterocycles. The van der Waals surface area contributed by atoms with Gasteiger partial charge in [-0.3, -0.25) is 4.98 Å². The Hall–Kier alpha value is -1.97. The van der Waals surface area contributed by atoms with E-state index >= 15 is 0 Å². The topological polar surface area (TPSA) is 60.2 Å². The smallest absolute Gasteiger partial charge is 0.119 e. The predicted molar refractivity (Wildman–Crippen MR) is 66.9 cm³/mol. The molecule has 2 aromatic rings. The molecule has 0 aliphatic heterocycles. The van der Waals surface area contributed by atoms with E-state index in [1.54, 1.807) is 13.3 Å². The number of hydrogen-bond acceptors (Lipinski definition) is 4. The summed E-state index contributed by atoms with van der Waals surface area (Å²) in [4.78, 5) is 4.28. The van der Waals surface area contributed by atoms with Crippen LogP contribution in [0.4, 0.5) is 11.4 Å². The first-order chi connectivity index (χ1) is 7.76. The van der Waals surface area contributed by atoms with Gasteiger partial charge in [-0.15, -0.1) is 0 Å². The Balaban J connectivity index is 2.67. The Bertz CT molecular complexity index is 511. The molecule has 0 atom stereocenters. The first-order valence-corrected chi connectivity index (χ1v) is 5.22. The first kappa shape index (κ1) is 10.5. The number of nitrogens with one attached hydrogen (secondary N) is 1. The fraction of sp³-hybridized carbons (Fsp3) is 0.250. The number of pyridine rings is 1. The highest BCUT2D eigenvalue weighted by Crippen LogP contribution is 2.30. The van der Waals surface area contributed by atoms with Crippen molar-refractivity contribution < 1.29 is 4.74 Å². The van der Waals surface area contributed by atoms with Gasteiger partial charge in [0.15, 0.2) is 0 Å². The summed E-state index contributed by atoms with van der Waals surface area (Å²) >= 11 is 0. The van der Waals surface area contributed by atoms with Gasteiger partial charge >= 0.3 is 0 Å². The molecule has 4 heteroatoms. The number of ether oxygens (including phenoxy) is 1. The second-order valence-electron chi connectivity index (χ2n) is 3.50. The van der Waals surface area contributed by atoms with Crippen LogP contribution in [0.5, 0.6) is 5.75 Å². The van der Waals surface area contributed by atoms with Crippen LogP contribution in [0, 0.1) is 0 Å². The highest BCUT2D eigenvalue weighted by Gasteiger charge is 2.06. The van der Waals surface area contributed by atoms with Crippen molar-refractivity contribution in [3.8, 4) is 5.75 Å². The third kappa shape index (κ3) is 1.74. The Labute approximate surface area is 94.4 Å². The summed E-state index contributed by atoms with van der Waals surface area (Å²) in [6, 6.07) is 5.76. The van der Waals surface area contributed by atoms with Gasteiger partial charge in [0.1, 0.15) is 5.75 Å². The molecule has 0 saturated heterocycles. The maximum atomic E-state index is 5.90. The molecular formula is C12H15N3O. The maximum Gasteiger partial charge on any atom is 0.119 e. The van der Waals surface area contributed by atoms with Crippen LogP contribution in [-0.2, 0) is 0 Å². The van der Waals surface area contributed by atoms with Crippen molar-refractivity contribution in [1.82, 2.24) is 4.98 Å². The minimum Gasteiger partial charge on any atom is -0.497 e. The van der Waals surface area contributed by atoms with E-state index in [0.717, 1.165) is 28.9 Å². The van der Waals surface area contributed by atoms with E-state index in [1.807, 2.05) is 25.1 Å². The van der Waals surface area contributed by atoms with Gasteiger partial charge in [-0.1, -0.05) is 0 Å². The number of benzene rings is 1. The molecule has 16 heavy (non-hydrogen) atoms. The van der Waals surface area contributed by atoms with Crippen LogP contribution in [0.1, 0.15) is 6.92 Å². The number of methoxy groups -OCH3 is 1. The lowest BCUT2D eigenvalue weighted by Gasteiger charge is -2.11. The van der Waals surface area contributed by atoms with Crippen LogP contribution >= 0.6 is 0 Å². The van der Waals surface area contributed by atoms with Crippen molar-refractivity contribution in [3.63, 3.8) is 0 Å². The first-order valence-electron chi connectivity index (χ1n) is 5.22. The SMILES string of the molecule is CCNc1c(N)cnc2ccc(OC)cc12. The molecule has 0 saturated carbocycles. The molecule has 2 rings (SSSR count). The van der Waals surface area contributed by atoms with Crippen LogP contribution < -0.4 is 15.8 Å². The van der Waals surface area contributed by atoms with Crippen molar-refractivity contribution in [2.45, 2.75) is 6.92 Å². The van der Waals surface area contributed by atoms with E-state index < -0.39 is 0 Å². The van der Waals surface area contributed by atoms with E-state index in [9.17, 15) is 0 Å². The summed E-state index contributed by atoms with van der Waals surface area (Å²) in [6.07, 6.45) is 1.67. The minimum absolute atomic E-state index is 0.655. The summed E-state index contributed by atoms with van der Waals surface area (Å²) in [6.45, 7) is 2.85. The average molecular weight is 217 g/mol. The minimum atomic E-state index is 0.655. The standard InChI is InChI=1S/C12H15N3O/c1-3-14-12-9-6-8(16-2)4-5-11(9)15-7-10(12)13/h4-7H,3,13H2,1-2H3,(H,14,15). The third-order valence-corrected chi connectivity index (χ3v) is 2.46. The van der Waals surface area contributed by atoms with E-state index in [1.165, 1.54) is 0 Å². The van der Waals surface area contributed by atoms with Crippen molar-refractivity contribution in [2.24, 2.45) is 0 Å². The summed E-state index contributed by atoms with van der Waals surface area (Å²) in [5.74, 6) is 0.805. The molecule has 0 fully saturated rings. The largest absolute Gasteiger partial charge is 0.497 e. The number of fused-ring (bicyclic) bond motifs is 1.